The highest BCUT2D eigenvalue weighted by atomic mass is 79.9. The molecular weight excluding hydrogens is 364 g/mol. The van der Waals surface area contributed by atoms with Gasteiger partial charge in [-0.15, -0.1) is 0 Å². The number of benzene rings is 1. The summed E-state index contributed by atoms with van der Waals surface area (Å²) in [4.78, 5) is 21.9. The van der Waals surface area contributed by atoms with Gasteiger partial charge in [-0.1, -0.05) is 0 Å². The van der Waals surface area contributed by atoms with Gasteiger partial charge in [-0.2, -0.15) is 0 Å². The van der Waals surface area contributed by atoms with Crippen molar-refractivity contribution in [2.75, 3.05) is 13.6 Å². The Labute approximate surface area is 130 Å². The van der Waals surface area contributed by atoms with E-state index in [-0.39, 0.29) is 29.3 Å². The Morgan fingerprint density at radius 1 is 1.33 bits per heavy atom. The van der Waals surface area contributed by atoms with E-state index in [1.807, 2.05) is 0 Å². The number of amides is 1. The fourth-order valence-corrected chi connectivity index (χ4v) is 3.63. The summed E-state index contributed by atoms with van der Waals surface area (Å²) in [6.07, 6.45) is -0.00898. The van der Waals surface area contributed by atoms with E-state index >= 15 is 0 Å². The van der Waals surface area contributed by atoms with Gasteiger partial charge in [0.05, 0.1) is 10.5 Å². The van der Waals surface area contributed by atoms with Crippen LogP contribution in [0.1, 0.15) is 22.3 Å². The molecule has 0 aliphatic heterocycles. The molecule has 1 aromatic rings. The Balaban J connectivity index is 3.07. The van der Waals surface area contributed by atoms with E-state index in [4.69, 9.17) is 5.11 Å². The van der Waals surface area contributed by atoms with E-state index in [2.05, 4.69) is 26.0 Å². The van der Waals surface area contributed by atoms with Gasteiger partial charge >= 0.3 is 5.97 Å². The molecule has 7 nitrogen and oxygen atoms in total. The summed E-state index contributed by atoms with van der Waals surface area (Å²) in [5.74, 6) is -1.51. The molecule has 9 heteroatoms. The monoisotopic (exact) mass is 378 g/mol. The summed E-state index contributed by atoms with van der Waals surface area (Å²) in [7, 11) is -2.46. The van der Waals surface area contributed by atoms with Gasteiger partial charge in [0.2, 0.25) is 15.9 Å². The molecule has 1 aromatic carbocycles. The van der Waals surface area contributed by atoms with Crippen molar-refractivity contribution in [2.45, 2.75) is 18.2 Å². The van der Waals surface area contributed by atoms with Crippen LogP contribution in [-0.4, -0.2) is 39.0 Å². The van der Waals surface area contributed by atoms with Crippen molar-refractivity contribution in [2.24, 2.45) is 0 Å². The number of carbonyl (C=O) groups excluding carboxylic acids is 1. The van der Waals surface area contributed by atoms with Crippen LogP contribution < -0.4 is 10.0 Å². The van der Waals surface area contributed by atoms with Gasteiger partial charge in [0, 0.05) is 24.5 Å². The highest BCUT2D eigenvalue weighted by Gasteiger charge is 2.21. The van der Waals surface area contributed by atoms with Crippen molar-refractivity contribution in [3.05, 3.63) is 27.7 Å². The Hall–Kier alpha value is -1.45. The summed E-state index contributed by atoms with van der Waals surface area (Å²) in [6.45, 7) is 1.52. The van der Waals surface area contributed by atoms with E-state index in [0.29, 0.717) is 10.0 Å². The molecule has 0 atom stereocenters. The molecule has 0 unspecified atom stereocenters. The van der Waals surface area contributed by atoms with Gasteiger partial charge in [0.15, 0.2) is 0 Å². The second kappa shape index (κ2) is 7.01. The van der Waals surface area contributed by atoms with Crippen molar-refractivity contribution >= 4 is 37.8 Å². The molecule has 21 heavy (non-hydrogen) atoms. The van der Waals surface area contributed by atoms with Crippen LogP contribution in [0.4, 0.5) is 0 Å². The summed E-state index contributed by atoms with van der Waals surface area (Å²) >= 11 is 3.14. The maximum absolute atomic E-state index is 12.2. The number of hydrogen-bond acceptors (Lipinski definition) is 4. The zero-order chi connectivity index (χ0) is 16.2. The van der Waals surface area contributed by atoms with Crippen molar-refractivity contribution in [1.29, 1.82) is 0 Å². The molecule has 0 aliphatic rings. The highest BCUT2D eigenvalue weighted by Crippen LogP contribution is 2.27. The second-order valence-corrected chi connectivity index (χ2v) is 6.76. The van der Waals surface area contributed by atoms with E-state index in [9.17, 15) is 18.0 Å². The topological polar surface area (TPSA) is 113 Å². The van der Waals surface area contributed by atoms with Gasteiger partial charge in [0.1, 0.15) is 0 Å². The number of carboxylic acid groups (broad SMARTS) is 1. The van der Waals surface area contributed by atoms with E-state index in [1.54, 1.807) is 6.92 Å². The predicted molar refractivity (Wildman–Crippen MR) is 79.7 cm³/mol. The second-order valence-electron chi connectivity index (χ2n) is 4.23. The number of hydrogen-bond donors (Lipinski definition) is 3. The van der Waals surface area contributed by atoms with Crippen molar-refractivity contribution in [3.8, 4) is 0 Å². The quantitative estimate of drug-likeness (QED) is 0.679. The molecule has 0 fully saturated rings. The molecule has 0 radical (unpaired) electrons. The lowest BCUT2D eigenvalue weighted by Gasteiger charge is -2.11. The molecule has 1 amide bonds. The number of aromatic carboxylic acids is 1. The van der Waals surface area contributed by atoms with Gasteiger partial charge < -0.3 is 10.4 Å². The minimum absolute atomic E-state index is 0.00898. The van der Waals surface area contributed by atoms with E-state index in [1.165, 1.54) is 13.1 Å². The number of halogens is 1. The summed E-state index contributed by atoms with van der Waals surface area (Å²) < 4.78 is 26.9. The zero-order valence-electron chi connectivity index (χ0n) is 11.4. The van der Waals surface area contributed by atoms with Crippen LogP contribution in [-0.2, 0) is 14.8 Å². The summed E-state index contributed by atoms with van der Waals surface area (Å²) in [5, 5.41) is 11.4. The lowest BCUT2D eigenvalue weighted by atomic mass is 10.1. The normalized spacial score (nSPS) is 11.2. The number of sulfonamides is 1. The molecule has 0 saturated carbocycles. The highest BCUT2D eigenvalue weighted by molar-refractivity contribution is 9.10. The number of rotatable bonds is 6. The smallest absolute Gasteiger partial charge is 0.335 e. The van der Waals surface area contributed by atoms with Gasteiger partial charge in [-0.25, -0.2) is 17.9 Å². The van der Waals surface area contributed by atoms with Crippen LogP contribution in [0.5, 0.6) is 0 Å². The molecular formula is C12H15BrN2O5S. The Morgan fingerprint density at radius 3 is 2.48 bits per heavy atom. The SMILES string of the molecule is CNC(=O)CCNS(=O)(=O)c1cc(C(=O)O)cc(C)c1Br. The maximum Gasteiger partial charge on any atom is 0.335 e. The minimum atomic E-state index is -3.91. The fourth-order valence-electron chi connectivity index (χ4n) is 1.56. The Bertz CT molecular complexity index is 672. The standard InChI is InChI=1S/C12H15BrN2O5S/c1-7-5-8(12(17)18)6-9(11(7)13)21(19,20)15-4-3-10(16)14-2/h5-6,15H,3-4H2,1-2H3,(H,14,16)(H,17,18). The maximum atomic E-state index is 12.2. The minimum Gasteiger partial charge on any atom is -0.478 e. The Morgan fingerprint density at radius 2 is 1.95 bits per heavy atom. The van der Waals surface area contributed by atoms with Crippen LogP contribution in [0, 0.1) is 6.92 Å². The first kappa shape index (κ1) is 17.6. The number of aryl methyl sites for hydroxylation is 1. The first-order valence-corrected chi connectivity index (χ1v) is 8.20. The molecule has 0 heterocycles. The lowest BCUT2D eigenvalue weighted by Crippen LogP contribution is -2.29. The average molecular weight is 379 g/mol. The van der Waals surface area contributed by atoms with Crippen LogP contribution >= 0.6 is 15.9 Å². The average Bonchev–Trinajstić information content (AvgIpc) is 2.40. The van der Waals surface area contributed by atoms with Crippen LogP contribution in [0.3, 0.4) is 0 Å². The van der Waals surface area contributed by atoms with Gasteiger partial charge in [-0.05, 0) is 40.5 Å². The van der Waals surface area contributed by atoms with Crippen LogP contribution in [0.2, 0.25) is 0 Å². The third-order valence-electron chi connectivity index (χ3n) is 2.68. The predicted octanol–water partition coefficient (Wildman–Crippen LogP) is 0.870. The summed E-state index contributed by atoms with van der Waals surface area (Å²) in [5.41, 5.74) is 0.365. The molecule has 1 rings (SSSR count). The van der Waals surface area contributed by atoms with E-state index < -0.39 is 16.0 Å². The fraction of sp³-hybridized carbons (Fsp3) is 0.333. The van der Waals surface area contributed by atoms with Crippen molar-refractivity contribution in [1.82, 2.24) is 10.0 Å². The molecule has 3 N–H and O–H groups in total. The van der Waals surface area contributed by atoms with Gasteiger partial charge in [-0.3, -0.25) is 4.79 Å². The molecule has 0 spiro atoms. The first-order chi connectivity index (χ1) is 9.69. The molecule has 0 bridgehead atoms. The third-order valence-corrected chi connectivity index (χ3v) is 5.48. The largest absolute Gasteiger partial charge is 0.478 e. The number of carbonyl (C=O) groups is 2. The van der Waals surface area contributed by atoms with Crippen LogP contribution in [0.25, 0.3) is 0 Å². The zero-order valence-corrected chi connectivity index (χ0v) is 13.8. The lowest BCUT2D eigenvalue weighted by molar-refractivity contribution is -0.120. The molecule has 0 aromatic heterocycles. The first-order valence-electron chi connectivity index (χ1n) is 5.92. The van der Waals surface area contributed by atoms with Crippen molar-refractivity contribution < 1.29 is 23.1 Å². The van der Waals surface area contributed by atoms with E-state index in [0.717, 1.165) is 6.07 Å². The number of carboxylic acids is 1. The van der Waals surface area contributed by atoms with Gasteiger partial charge in [0.25, 0.3) is 0 Å². The molecule has 0 saturated heterocycles. The summed E-state index contributed by atoms with van der Waals surface area (Å²) in [6, 6.07) is 2.44. The molecule has 116 valence electrons. The third kappa shape index (κ3) is 4.51. The van der Waals surface area contributed by atoms with Crippen molar-refractivity contribution in [3.63, 3.8) is 0 Å². The molecule has 0 aliphatic carbocycles. The number of nitrogens with one attached hydrogen (secondary N) is 2. The Kier molecular flexibility index (Phi) is 5.87. The van der Waals surface area contributed by atoms with Crippen LogP contribution in [0.15, 0.2) is 21.5 Å².